The third-order valence-electron chi connectivity index (χ3n) is 6.63. The van der Waals surface area contributed by atoms with Gasteiger partial charge in [0.15, 0.2) is 5.82 Å². The van der Waals surface area contributed by atoms with Crippen molar-refractivity contribution in [1.29, 1.82) is 0 Å². The van der Waals surface area contributed by atoms with Crippen molar-refractivity contribution in [3.05, 3.63) is 77.4 Å². The zero-order chi connectivity index (χ0) is 25.8. The summed E-state index contributed by atoms with van der Waals surface area (Å²) in [6, 6.07) is 15.5. The summed E-state index contributed by atoms with van der Waals surface area (Å²) < 4.78 is 52.8. The highest BCUT2D eigenvalue weighted by Gasteiger charge is 2.37. The number of morpholine rings is 1. The molecular formula is C26H27F3N4O4. The minimum Gasteiger partial charge on any atom is -0.406 e. The van der Waals surface area contributed by atoms with E-state index in [0.717, 1.165) is 11.1 Å². The SMILES string of the molecule is O=C(N1CCOCC1)N1CC(c2ccc(OC(F)(F)F)cc2)CC(c2nc(Cc3ccccc3)no2)C1. The molecule has 2 unspecified atom stereocenters. The molecule has 2 aliphatic rings. The van der Waals surface area contributed by atoms with E-state index in [1.54, 1.807) is 21.9 Å². The summed E-state index contributed by atoms with van der Waals surface area (Å²) in [5, 5.41) is 4.15. The number of hydrogen-bond donors (Lipinski definition) is 0. The van der Waals surface area contributed by atoms with Crippen LogP contribution < -0.4 is 4.74 Å². The van der Waals surface area contributed by atoms with Crippen molar-refractivity contribution in [3.63, 3.8) is 0 Å². The van der Waals surface area contributed by atoms with Crippen molar-refractivity contribution in [2.24, 2.45) is 0 Å². The fraction of sp³-hybridized carbons (Fsp3) is 0.423. The maximum absolute atomic E-state index is 13.3. The number of likely N-dealkylation sites (tertiary alicyclic amines) is 1. The molecule has 0 radical (unpaired) electrons. The van der Waals surface area contributed by atoms with Gasteiger partial charge in [-0.1, -0.05) is 47.6 Å². The minimum absolute atomic E-state index is 0.0981. The number of ether oxygens (including phenoxy) is 2. The summed E-state index contributed by atoms with van der Waals surface area (Å²) in [4.78, 5) is 21.5. The number of nitrogens with zero attached hydrogens (tertiary/aromatic N) is 4. The van der Waals surface area contributed by atoms with E-state index in [2.05, 4.69) is 14.9 Å². The topological polar surface area (TPSA) is 80.9 Å². The largest absolute Gasteiger partial charge is 0.573 e. The predicted octanol–water partition coefficient (Wildman–Crippen LogP) is 4.58. The third-order valence-corrected chi connectivity index (χ3v) is 6.63. The number of carbonyl (C=O) groups excluding carboxylic acids is 1. The fourth-order valence-electron chi connectivity index (χ4n) is 4.86. The molecular weight excluding hydrogens is 489 g/mol. The van der Waals surface area contributed by atoms with Crippen molar-refractivity contribution in [2.75, 3.05) is 39.4 Å². The highest BCUT2D eigenvalue weighted by atomic mass is 19.4. The molecule has 0 aliphatic carbocycles. The van der Waals surface area contributed by atoms with Crippen LogP contribution in [0.1, 0.15) is 41.1 Å². The Labute approximate surface area is 212 Å². The molecule has 8 nitrogen and oxygen atoms in total. The predicted molar refractivity (Wildman–Crippen MR) is 126 cm³/mol. The number of alkyl halides is 3. The van der Waals surface area contributed by atoms with E-state index in [1.807, 2.05) is 30.3 Å². The van der Waals surface area contributed by atoms with E-state index >= 15 is 0 Å². The number of piperidine rings is 1. The van der Waals surface area contributed by atoms with Gasteiger partial charge in [0.2, 0.25) is 5.89 Å². The van der Waals surface area contributed by atoms with Crippen LogP contribution in [0.15, 0.2) is 59.1 Å². The lowest BCUT2D eigenvalue weighted by molar-refractivity contribution is -0.274. The molecule has 2 aromatic carbocycles. The second kappa shape index (κ2) is 10.8. The lowest BCUT2D eigenvalue weighted by Gasteiger charge is -2.40. The van der Waals surface area contributed by atoms with Crippen LogP contribution in [0.3, 0.4) is 0 Å². The summed E-state index contributed by atoms with van der Waals surface area (Å²) >= 11 is 0. The zero-order valence-electron chi connectivity index (χ0n) is 20.1. The van der Waals surface area contributed by atoms with Crippen LogP contribution in [-0.2, 0) is 11.2 Å². The van der Waals surface area contributed by atoms with Crippen molar-refractivity contribution in [3.8, 4) is 5.75 Å². The average molecular weight is 517 g/mol. The quantitative estimate of drug-likeness (QED) is 0.494. The first kappa shape index (κ1) is 25.1. The molecule has 5 rings (SSSR count). The molecule has 2 saturated heterocycles. The van der Waals surface area contributed by atoms with Gasteiger partial charge in [-0.3, -0.25) is 0 Å². The van der Waals surface area contributed by atoms with Gasteiger partial charge in [0.1, 0.15) is 5.75 Å². The highest BCUT2D eigenvalue weighted by Crippen LogP contribution is 2.37. The molecule has 196 valence electrons. The van der Waals surface area contributed by atoms with E-state index in [-0.39, 0.29) is 23.6 Å². The monoisotopic (exact) mass is 516 g/mol. The molecule has 1 aromatic heterocycles. The third kappa shape index (κ3) is 6.40. The van der Waals surface area contributed by atoms with Crippen molar-refractivity contribution in [1.82, 2.24) is 19.9 Å². The van der Waals surface area contributed by atoms with Crippen LogP contribution in [0.25, 0.3) is 0 Å². The number of benzene rings is 2. The number of aromatic nitrogens is 2. The number of carbonyl (C=O) groups is 1. The van der Waals surface area contributed by atoms with Gasteiger partial charge >= 0.3 is 12.4 Å². The van der Waals surface area contributed by atoms with Gasteiger partial charge in [-0.2, -0.15) is 4.98 Å². The molecule has 0 N–H and O–H groups in total. The summed E-state index contributed by atoms with van der Waals surface area (Å²) in [5.41, 5.74) is 1.87. The Balaban J connectivity index is 1.36. The van der Waals surface area contributed by atoms with E-state index in [9.17, 15) is 18.0 Å². The molecule has 2 aliphatic heterocycles. The summed E-state index contributed by atoms with van der Waals surface area (Å²) in [6.07, 6.45) is -3.62. The maximum atomic E-state index is 13.3. The van der Waals surface area contributed by atoms with Crippen LogP contribution in [-0.4, -0.2) is 71.7 Å². The smallest absolute Gasteiger partial charge is 0.406 e. The van der Waals surface area contributed by atoms with Gasteiger partial charge < -0.3 is 23.8 Å². The Bertz CT molecular complexity index is 1180. The van der Waals surface area contributed by atoms with E-state index in [0.29, 0.717) is 63.9 Å². The molecule has 2 fully saturated rings. The molecule has 2 amide bonds. The Morgan fingerprint density at radius 1 is 0.973 bits per heavy atom. The fourth-order valence-corrected chi connectivity index (χ4v) is 4.86. The number of amides is 2. The first-order valence-electron chi connectivity index (χ1n) is 12.2. The molecule has 0 spiro atoms. The molecule has 0 bridgehead atoms. The number of hydrogen-bond acceptors (Lipinski definition) is 6. The van der Waals surface area contributed by atoms with Gasteiger partial charge in [-0.25, -0.2) is 4.79 Å². The second-order valence-electron chi connectivity index (χ2n) is 9.24. The molecule has 0 saturated carbocycles. The molecule has 2 atom stereocenters. The van der Waals surface area contributed by atoms with Gasteiger partial charge in [0.05, 0.1) is 19.1 Å². The Hall–Kier alpha value is -3.60. The molecule has 11 heteroatoms. The standard InChI is InChI=1S/C26H27F3N4O4/c27-26(28,29)36-22-8-6-19(7-9-22)20-15-21(17-33(16-20)25(34)32-10-12-35-13-11-32)24-30-23(31-37-24)14-18-4-2-1-3-5-18/h1-9,20-21H,10-17H2. The number of urea groups is 1. The van der Waals surface area contributed by atoms with Crippen LogP contribution in [0.5, 0.6) is 5.75 Å². The average Bonchev–Trinajstić information content (AvgIpc) is 3.37. The lowest BCUT2D eigenvalue weighted by Crippen LogP contribution is -2.52. The highest BCUT2D eigenvalue weighted by molar-refractivity contribution is 5.75. The van der Waals surface area contributed by atoms with Crippen molar-refractivity contribution >= 4 is 6.03 Å². The van der Waals surface area contributed by atoms with E-state index in [1.165, 1.54) is 12.1 Å². The van der Waals surface area contributed by atoms with Crippen LogP contribution >= 0.6 is 0 Å². The number of halogens is 3. The molecule has 3 heterocycles. The maximum Gasteiger partial charge on any atom is 0.573 e. The van der Waals surface area contributed by atoms with Crippen LogP contribution in [0.4, 0.5) is 18.0 Å². The molecule has 3 aromatic rings. The number of rotatable bonds is 5. The van der Waals surface area contributed by atoms with Crippen molar-refractivity contribution < 1.29 is 32.0 Å². The summed E-state index contributed by atoms with van der Waals surface area (Å²) in [6.45, 7) is 2.83. The lowest BCUT2D eigenvalue weighted by atomic mass is 9.84. The van der Waals surface area contributed by atoms with Gasteiger partial charge in [0, 0.05) is 38.5 Å². The minimum atomic E-state index is -4.76. The van der Waals surface area contributed by atoms with Crippen LogP contribution in [0.2, 0.25) is 0 Å². The van der Waals surface area contributed by atoms with Crippen molar-refractivity contribution in [2.45, 2.75) is 31.0 Å². The van der Waals surface area contributed by atoms with E-state index < -0.39 is 6.36 Å². The van der Waals surface area contributed by atoms with Gasteiger partial charge in [-0.15, -0.1) is 13.2 Å². The van der Waals surface area contributed by atoms with E-state index in [4.69, 9.17) is 9.26 Å². The summed E-state index contributed by atoms with van der Waals surface area (Å²) in [5.74, 6) is 0.378. The first-order valence-corrected chi connectivity index (χ1v) is 12.2. The Morgan fingerprint density at radius 2 is 1.68 bits per heavy atom. The zero-order valence-corrected chi connectivity index (χ0v) is 20.1. The Kier molecular flexibility index (Phi) is 7.31. The second-order valence-corrected chi connectivity index (χ2v) is 9.24. The summed E-state index contributed by atoms with van der Waals surface area (Å²) in [7, 11) is 0. The Morgan fingerprint density at radius 3 is 2.38 bits per heavy atom. The molecule has 37 heavy (non-hydrogen) atoms. The van der Waals surface area contributed by atoms with Crippen LogP contribution in [0, 0.1) is 0 Å². The van der Waals surface area contributed by atoms with Gasteiger partial charge in [0.25, 0.3) is 0 Å². The normalized spacial score (nSPS) is 20.6. The van der Waals surface area contributed by atoms with Gasteiger partial charge in [-0.05, 0) is 29.7 Å². The first-order chi connectivity index (χ1) is 17.8.